The van der Waals surface area contributed by atoms with Crippen molar-refractivity contribution in [2.24, 2.45) is 0 Å². The highest BCUT2D eigenvalue weighted by Crippen LogP contribution is 2.20. The van der Waals surface area contributed by atoms with E-state index in [1.807, 2.05) is 0 Å². The molecule has 1 rings (SSSR count). The molecule has 1 aromatic carbocycles. The fourth-order valence-corrected chi connectivity index (χ4v) is 0.883. The van der Waals surface area contributed by atoms with E-state index < -0.39 is 11.6 Å². The van der Waals surface area contributed by atoms with E-state index in [0.717, 1.165) is 12.1 Å². The Hall–Kier alpha value is -1.49. The first-order valence-corrected chi connectivity index (χ1v) is 3.75. The molecule has 0 aliphatic heterocycles. The number of benzene rings is 1. The van der Waals surface area contributed by atoms with Crippen LogP contribution in [-0.4, -0.2) is 20.2 Å². The summed E-state index contributed by atoms with van der Waals surface area (Å²) in [5, 5.41) is 0. The van der Waals surface area contributed by atoms with Gasteiger partial charge in [-0.05, 0) is 6.07 Å². The molecule has 14 heavy (non-hydrogen) atoms. The van der Waals surface area contributed by atoms with E-state index in [1.165, 1.54) is 7.11 Å². The molecule has 0 atom stereocenters. The molecule has 0 aromatic heterocycles. The molecule has 3 nitrogen and oxygen atoms in total. The molecule has 0 saturated carbocycles. The third-order valence-corrected chi connectivity index (χ3v) is 1.51. The Morgan fingerprint density at radius 3 is 2.57 bits per heavy atom. The van der Waals surface area contributed by atoms with Gasteiger partial charge in [0.2, 0.25) is 0 Å². The van der Waals surface area contributed by atoms with Crippen molar-refractivity contribution >= 4 is 6.29 Å². The average molecular weight is 202 g/mol. The van der Waals surface area contributed by atoms with Crippen LogP contribution in [0.3, 0.4) is 0 Å². The minimum absolute atomic E-state index is 0.0410. The Morgan fingerprint density at radius 2 is 2.00 bits per heavy atom. The Kier molecular flexibility index (Phi) is 3.53. The van der Waals surface area contributed by atoms with Crippen molar-refractivity contribution in [3.63, 3.8) is 0 Å². The quantitative estimate of drug-likeness (QED) is 0.551. The molecule has 0 spiro atoms. The van der Waals surface area contributed by atoms with Gasteiger partial charge in [0.15, 0.2) is 24.7 Å². The number of ether oxygens (including phenoxy) is 2. The highest BCUT2D eigenvalue weighted by molar-refractivity contribution is 5.79. The van der Waals surface area contributed by atoms with Gasteiger partial charge >= 0.3 is 0 Å². The van der Waals surface area contributed by atoms with Gasteiger partial charge in [-0.2, -0.15) is 0 Å². The molecule has 0 saturated heterocycles. The van der Waals surface area contributed by atoms with E-state index in [4.69, 9.17) is 4.74 Å². The highest BCUT2D eigenvalue weighted by atomic mass is 19.2. The largest absolute Gasteiger partial charge is 0.467 e. The van der Waals surface area contributed by atoms with Crippen LogP contribution in [0.15, 0.2) is 12.1 Å². The normalized spacial score (nSPS) is 9.93. The second kappa shape index (κ2) is 4.66. The van der Waals surface area contributed by atoms with Gasteiger partial charge in [-0.3, -0.25) is 4.79 Å². The fraction of sp³-hybridized carbons (Fsp3) is 0.222. The molecular formula is C9H8F2O3. The van der Waals surface area contributed by atoms with Gasteiger partial charge in [-0.1, -0.05) is 0 Å². The molecule has 0 heterocycles. The third kappa shape index (κ3) is 2.26. The Bertz CT molecular complexity index is 339. The maximum Gasteiger partial charge on any atom is 0.188 e. The molecule has 0 bridgehead atoms. The number of aldehydes is 1. The lowest BCUT2D eigenvalue weighted by Gasteiger charge is -2.07. The summed E-state index contributed by atoms with van der Waals surface area (Å²) in [5.41, 5.74) is -0.0547. The fourth-order valence-electron chi connectivity index (χ4n) is 0.883. The predicted octanol–water partition coefficient (Wildman–Crippen LogP) is 1.76. The van der Waals surface area contributed by atoms with Gasteiger partial charge in [0.25, 0.3) is 0 Å². The summed E-state index contributed by atoms with van der Waals surface area (Å²) in [7, 11) is 1.38. The number of hydrogen-bond donors (Lipinski definition) is 0. The van der Waals surface area contributed by atoms with Crippen LogP contribution in [0.25, 0.3) is 0 Å². The van der Waals surface area contributed by atoms with Crippen LogP contribution < -0.4 is 4.74 Å². The smallest absolute Gasteiger partial charge is 0.188 e. The Morgan fingerprint density at radius 1 is 1.36 bits per heavy atom. The zero-order valence-corrected chi connectivity index (χ0v) is 7.42. The summed E-state index contributed by atoms with van der Waals surface area (Å²) in [6, 6.07) is 1.57. The van der Waals surface area contributed by atoms with Crippen LogP contribution in [-0.2, 0) is 4.74 Å². The molecule has 0 aliphatic rings. The number of carbonyl (C=O) groups excluding carboxylic acids is 1. The van der Waals surface area contributed by atoms with Crippen molar-refractivity contribution in [2.45, 2.75) is 0 Å². The van der Waals surface area contributed by atoms with Gasteiger partial charge in [0.05, 0.1) is 5.56 Å². The van der Waals surface area contributed by atoms with Gasteiger partial charge < -0.3 is 9.47 Å². The molecule has 0 unspecified atom stereocenters. The lowest BCUT2D eigenvalue weighted by Crippen LogP contribution is -2.02. The van der Waals surface area contributed by atoms with Gasteiger partial charge in [-0.15, -0.1) is 0 Å². The van der Waals surface area contributed by atoms with Crippen molar-refractivity contribution in [1.82, 2.24) is 0 Å². The molecule has 0 amide bonds. The van der Waals surface area contributed by atoms with Gasteiger partial charge in [-0.25, -0.2) is 8.78 Å². The standard InChI is InChI=1S/C9H8F2O3/c1-13-5-14-9-3-8(11)7(10)2-6(9)4-12/h2-4H,5H2,1H3. The average Bonchev–Trinajstić information content (AvgIpc) is 2.19. The van der Waals surface area contributed by atoms with Crippen LogP contribution >= 0.6 is 0 Å². The molecule has 1 aromatic rings. The van der Waals surface area contributed by atoms with E-state index in [-0.39, 0.29) is 18.1 Å². The number of hydrogen-bond acceptors (Lipinski definition) is 3. The zero-order valence-electron chi connectivity index (χ0n) is 7.42. The summed E-state index contributed by atoms with van der Waals surface area (Å²) in [4.78, 5) is 10.4. The second-order valence-corrected chi connectivity index (χ2v) is 2.47. The molecular weight excluding hydrogens is 194 g/mol. The van der Waals surface area contributed by atoms with Crippen molar-refractivity contribution in [3.8, 4) is 5.75 Å². The first-order chi connectivity index (χ1) is 6.69. The number of carbonyl (C=O) groups is 1. The SMILES string of the molecule is COCOc1cc(F)c(F)cc1C=O. The maximum atomic E-state index is 12.7. The number of halogens is 2. The molecule has 0 N–H and O–H groups in total. The van der Waals surface area contributed by atoms with Crippen LogP contribution in [0.1, 0.15) is 10.4 Å². The lowest BCUT2D eigenvalue weighted by atomic mass is 10.2. The maximum absolute atomic E-state index is 12.7. The minimum Gasteiger partial charge on any atom is -0.467 e. The predicted molar refractivity (Wildman–Crippen MR) is 44.2 cm³/mol. The van der Waals surface area contributed by atoms with Crippen molar-refractivity contribution in [2.75, 3.05) is 13.9 Å². The van der Waals surface area contributed by atoms with Gasteiger partial charge in [0.1, 0.15) is 5.75 Å². The van der Waals surface area contributed by atoms with Crippen LogP contribution in [0, 0.1) is 11.6 Å². The summed E-state index contributed by atoms with van der Waals surface area (Å²) in [5.74, 6) is -2.20. The van der Waals surface area contributed by atoms with Crippen LogP contribution in [0.4, 0.5) is 8.78 Å². The summed E-state index contributed by atoms with van der Waals surface area (Å²) in [6.45, 7) is -0.133. The Labute approximate surface area is 79.2 Å². The summed E-state index contributed by atoms with van der Waals surface area (Å²) >= 11 is 0. The molecule has 0 aliphatic carbocycles. The second-order valence-electron chi connectivity index (χ2n) is 2.47. The van der Waals surface area contributed by atoms with Crippen molar-refractivity contribution in [1.29, 1.82) is 0 Å². The first kappa shape index (κ1) is 10.6. The number of methoxy groups -OCH3 is 1. The van der Waals surface area contributed by atoms with E-state index in [1.54, 1.807) is 0 Å². The molecule has 0 radical (unpaired) electrons. The molecule has 0 fully saturated rings. The van der Waals surface area contributed by atoms with E-state index >= 15 is 0 Å². The molecule has 5 heteroatoms. The minimum atomic E-state index is -1.09. The highest BCUT2D eigenvalue weighted by Gasteiger charge is 2.10. The lowest BCUT2D eigenvalue weighted by molar-refractivity contribution is 0.0502. The monoisotopic (exact) mass is 202 g/mol. The molecule has 76 valence electrons. The first-order valence-electron chi connectivity index (χ1n) is 3.75. The van der Waals surface area contributed by atoms with Crippen LogP contribution in [0.2, 0.25) is 0 Å². The summed E-state index contributed by atoms with van der Waals surface area (Å²) < 4.78 is 34.8. The number of rotatable bonds is 4. The topological polar surface area (TPSA) is 35.5 Å². The Balaban J connectivity index is 3.00. The van der Waals surface area contributed by atoms with Gasteiger partial charge in [0, 0.05) is 13.2 Å². The summed E-state index contributed by atoms with van der Waals surface area (Å²) in [6.07, 6.45) is 0.382. The van der Waals surface area contributed by atoms with E-state index in [2.05, 4.69) is 4.74 Å². The van der Waals surface area contributed by atoms with Crippen molar-refractivity contribution < 1.29 is 23.0 Å². The van der Waals surface area contributed by atoms with E-state index in [0.29, 0.717) is 6.29 Å². The van der Waals surface area contributed by atoms with Crippen molar-refractivity contribution in [3.05, 3.63) is 29.3 Å². The zero-order chi connectivity index (χ0) is 10.6. The van der Waals surface area contributed by atoms with Crippen LogP contribution in [0.5, 0.6) is 5.75 Å². The van der Waals surface area contributed by atoms with E-state index in [9.17, 15) is 13.6 Å². The third-order valence-electron chi connectivity index (χ3n) is 1.51.